The highest BCUT2D eigenvalue weighted by atomic mass is 32.1. The van der Waals surface area contributed by atoms with Gasteiger partial charge in [0.1, 0.15) is 18.5 Å². The summed E-state index contributed by atoms with van der Waals surface area (Å²) in [6, 6.07) is 27.6. The van der Waals surface area contributed by atoms with E-state index in [1.807, 2.05) is 72.8 Å². The minimum absolute atomic E-state index is 0.228. The van der Waals surface area contributed by atoms with Crippen LogP contribution in [-0.4, -0.2) is 22.4 Å². The number of fused-ring (bicyclic) bond motifs is 1. The van der Waals surface area contributed by atoms with E-state index in [4.69, 9.17) is 9.73 Å². The van der Waals surface area contributed by atoms with Crippen molar-refractivity contribution in [2.75, 3.05) is 6.61 Å². The molecular weight excluding hydrogens is 356 g/mol. The maximum atomic E-state index is 10.5. The average Bonchev–Trinajstić information content (AvgIpc) is 3.05. The third-order valence-corrected chi connectivity index (χ3v) is 5.21. The van der Waals surface area contributed by atoms with Gasteiger partial charge in [-0.15, -0.1) is 0 Å². The molecule has 1 unspecified atom stereocenters. The van der Waals surface area contributed by atoms with E-state index in [0.29, 0.717) is 6.54 Å². The number of hydrogen-bond acceptors (Lipinski definition) is 4. The first-order valence-corrected chi connectivity index (χ1v) is 9.65. The molecule has 0 aliphatic heterocycles. The van der Waals surface area contributed by atoms with E-state index in [1.54, 1.807) is 11.3 Å². The van der Waals surface area contributed by atoms with Crippen LogP contribution >= 0.6 is 11.3 Å². The van der Waals surface area contributed by atoms with Crippen LogP contribution in [-0.2, 0) is 6.54 Å². The Bertz CT molecular complexity index is 1070. The van der Waals surface area contributed by atoms with Crippen molar-refractivity contribution in [2.24, 2.45) is 4.99 Å². The topological polar surface area (TPSA) is 46.8 Å². The lowest BCUT2D eigenvalue weighted by Crippen LogP contribution is -2.28. The Kier molecular flexibility index (Phi) is 5.32. The molecule has 0 bridgehead atoms. The van der Waals surface area contributed by atoms with Gasteiger partial charge >= 0.3 is 0 Å². The summed E-state index contributed by atoms with van der Waals surface area (Å²) in [6.45, 7) is 0.647. The van der Waals surface area contributed by atoms with Gasteiger partial charge in [0.05, 0.1) is 22.4 Å². The Balaban J connectivity index is 1.62. The van der Waals surface area contributed by atoms with Crippen LogP contribution < -0.4 is 9.54 Å². The van der Waals surface area contributed by atoms with Crippen LogP contribution in [0.3, 0.4) is 0 Å². The van der Waals surface area contributed by atoms with E-state index < -0.39 is 6.10 Å². The molecule has 1 aromatic heterocycles. The molecule has 4 rings (SSSR count). The molecule has 1 heterocycles. The van der Waals surface area contributed by atoms with E-state index >= 15 is 0 Å². The smallest absolute Gasteiger partial charge is 0.191 e. The highest BCUT2D eigenvalue weighted by Gasteiger charge is 2.12. The molecule has 0 saturated carbocycles. The van der Waals surface area contributed by atoms with E-state index in [-0.39, 0.29) is 6.61 Å². The first kappa shape index (κ1) is 17.5. The number of aliphatic hydroxyl groups is 1. The van der Waals surface area contributed by atoms with Gasteiger partial charge in [-0.2, -0.15) is 0 Å². The number of aromatic nitrogens is 1. The zero-order chi connectivity index (χ0) is 18.5. The van der Waals surface area contributed by atoms with Crippen LogP contribution in [0.25, 0.3) is 10.2 Å². The lowest BCUT2D eigenvalue weighted by Gasteiger charge is -2.14. The van der Waals surface area contributed by atoms with Crippen molar-refractivity contribution in [1.82, 2.24) is 4.57 Å². The van der Waals surface area contributed by atoms with Gasteiger partial charge in [0.2, 0.25) is 0 Å². The number of rotatable bonds is 6. The lowest BCUT2D eigenvalue weighted by molar-refractivity contribution is 0.0929. The van der Waals surface area contributed by atoms with Gasteiger partial charge in [0, 0.05) is 0 Å². The number of nitrogens with zero attached hydrogens (tertiary/aromatic N) is 2. The van der Waals surface area contributed by atoms with Gasteiger partial charge in [-0.25, -0.2) is 4.99 Å². The van der Waals surface area contributed by atoms with Gasteiger partial charge < -0.3 is 14.4 Å². The minimum Gasteiger partial charge on any atom is -0.491 e. The Morgan fingerprint density at radius 1 is 0.889 bits per heavy atom. The summed E-state index contributed by atoms with van der Waals surface area (Å²) in [5.41, 5.74) is 1.96. The SMILES string of the molecule is OC(COc1ccccc1)Cn1c(=Nc2ccccc2)sc2ccccc21. The second-order valence-corrected chi connectivity index (χ2v) is 7.20. The number of ether oxygens (including phenoxy) is 1. The Morgan fingerprint density at radius 2 is 1.56 bits per heavy atom. The number of para-hydroxylation sites is 3. The fourth-order valence-corrected chi connectivity index (χ4v) is 3.93. The third kappa shape index (κ3) is 4.27. The highest BCUT2D eigenvalue weighted by Crippen LogP contribution is 2.19. The molecule has 3 aromatic carbocycles. The zero-order valence-corrected chi connectivity index (χ0v) is 15.5. The molecule has 0 aliphatic rings. The molecule has 1 N–H and O–H groups in total. The summed E-state index contributed by atoms with van der Waals surface area (Å²) in [7, 11) is 0. The molecule has 4 aromatic rings. The fraction of sp³-hybridized carbons (Fsp3) is 0.136. The van der Waals surface area contributed by atoms with E-state index in [9.17, 15) is 5.11 Å². The van der Waals surface area contributed by atoms with Crippen molar-refractivity contribution in [2.45, 2.75) is 12.6 Å². The quantitative estimate of drug-likeness (QED) is 0.543. The summed E-state index contributed by atoms with van der Waals surface area (Å²) >= 11 is 1.62. The summed E-state index contributed by atoms with van der Waals surface area (Å²) < 4.78 is 8.90. The number of hydrogen-bond donors (Lipinski definition) is 1. The van der Waals surface area contributed by atoms with Crippen LogP contribution in [0.2, 0.25) is 0 Å². The largest absolute Gasteiger partial charge is 0.491 e. The van der Waals surface area contributed by atoms with Crippen LogP contribution in [0.4, 0.5) is 5.69 Å². The molecule has 0 spiro atoms. The van der Waals surface area contributed by atoms with Crippen molar-refractivity contribution in [3.63, 3.8) is 0 Å². The second kappa shape index (κ2) is 8.20. The van der Waals surface area contributed by atoms with Gasteiger partial charge in [-0.1, -0.05) is 59.9 Å². The lowest BCUT2D eigenvalue weighted by atomic mass is 10.3. The van der Waals surface area contributed by atoms with Crippen LogP contribution in [0.1, 0.15) is 0 Å². The molecule has 0 aliphatic carbocycles. The number of thiazole rings is 1. The fourth-order valence-electron chi connectivity index (χ4n) is 2.87. The summed E-state index contributed by atoms with van der Waals surface area (Å²) in [5.74, 6) is 0.755. The highest BCUT2D eigenvalue weighted by molar-refractivity contribution is 7.16. The first-order chi connectivity index (χ1) is 13.3. The molecule has 0 fully saturated rings. The van der Waals surface area contributed by atoms with Gasteiger partial charge in [0.25, 0.3) is 0 Å². The first-order valence-electron chi connectivity index (χ1n) is 8.84. The van der Waals surface area contributed by atoms with Crippen molar-refractivity contribution in [1.29, 1.82) is 0 Å². The Hall–Kier alpha value is -2.89. The zero-order valence-electron chi connectivity index (χ0n) is 14.7. The van der Waals surface area contributed by atoms with Crippen LogP contribution in [0, 0.1) is 0 Å². The van der Waals surface area contributed by atoms with Crippen molar-refractivity contribution in [3.8, 4) is 5.75 Å². The molecule has 1 atom stereocenters. The third-order valence-electron chi connectivity index (χ3n) is 4.15. The van der Waals surface area contributed by atoms with Crippen molar-refractivity contribution in [3.05, 3.63) is 89.7 Å². The van der Waals surface area contributed by atoms with Gasteiger partial charge in [0.15, 0.2) is 4.80 Å². The van der Waals surface area contributed by atoms with Crippen molar-refractivity contribution < 1.29 is 9.84 Å². The maximum absolute atomic E-state index is 10.5. The predicted octanol–water partition coefficient (Wildman–Crippen LogP) is 4.38. The predicted molar refractivity (Wildman–Crippen MR) is 109 cm³/mol. The summed E-state index contributed by atoms with van der Waals surface area (Å²) in [5, 5.41) is 10.5. The maximum Gasteiger partial charge on any atom is 0.191 e. The molecule has 136 valence electrons. The molecule has 0 saturated heterocycles. The number of aliphatic hydroxyl groups excluding tert-OH is 1. The van der Waals surface area contributed by atoms with Crippen molar-refractivity contribution >= 4 is 27.2 Å². The molecule has 27 heavy (non-hydrogen) atoms. The Labute approximate surface area is 161 Å². The molecule has 0 amide bonds. The van der Waals surface area contributed by atoms with Gasteiger partial charge in [-0.05, 0) is 36.4 Å². The van der Waals surface area contributed by atoms with Gasteiger partial charge in [-0.3, -0.25) is 0 Å². The normalized spacial score (nSPS) is 13.0. The van der Waals surface area contributed by atoms with Crippen LogP contribution in [0.15, 0.2) is 89.9 Å². The summed E-state index contributed by atoms with van der Waals surface area (Å²) in [6.07, 6.45) is -0.641. The molecule has 4 nitrogen and oxygen atoms in total. The van der Waals surface area contributed by atoms with Crippen LogP contribution in [0.5, 0.6) is 5.75 Å². The molecular formula is C22H20N2O2S. The number of benzene rings is 3. The Morgan fingerprint density at radius 3 is 2.33 bits per heavy atom. The van der Waals surface area contributed by atoms with E-state index in [0.717, 1.165) is 26.5 Å². The second-order valence-electron chi connectivity index (χ2n) is 6.19. The summed E-state index contributed by atoms with van der Waals surface area (Å²) in [4.78, 5) is 5.64. The molecule has 0 radical (unpaired) electrons. The van der Waals surface area contributed by atoms with E-state index in [1.165, 1.54) is 0 Å². The minimum atomic E-state index is -0.641. The molecule has 5 heteroatoms. The average molecular weight is 376 g/mol. The standard InChI is InChI=1S/C22H20N2O2S/c25-18(16-26-19-11-5-2-6-12-19)15-24-20-13-7-8-14-21(20)27-22(24)23-17-9-3-1-4-10-17/h1-14,18,25H,15-16H2. The monoisotopic (exact) mass is 376 g/mol. The van der Waals surface area contributed by atoms with E-state index in [2.05, 4.69) is 16.7 Å².